The first-order valence-electron chi connectivity index (χ1n) is 5.65. The molecule has 0 heterocycles. The van der Waals surface area contributed by atoms with Crippen LogP contribution in [0.25, 0.3) is 0 Å². The topological polar surface area (TPSA) is 35.5 Å². The van der Waals surface area contributed by atoms with Crippen molar-refractivity contribution >= 4 is 5.97 Å². The summed E-state index contributed by atoms with van der Waals surface area (Å²) in [7, 11) is 0. The minimum atomic E-state index is -0.197. The zero-order chi connectivity index (χ0) is 11.4. The molecule has 0 radical (unpaired) electrons. The summed E-state index contributed by atoms with van der Waals surface area (Å²) in [5, 5.41) is 0. The molecule has 0 unspecified atom stereocenters. The zero-order valence-electron chi connectivity index (χ0n) is 9.67. The van der Waals surface area contributed by atoms with Crippen LogP contribution in [0.15, 0.2) is 12.7 Å². The molecular weight excluding hydrogens is 192 g/mol. The molecule has 0 atom stereocenters. The molecule has 0 N–H and O–H groups in total. The van der Waals surface area contributed by atoms with Gasteiger partial charge in [0.05, 0.1) is 13.0 Å². The van der Waals surface area contributed by atoms with Gasteiger partial charge in [-0.2, -0.15) is 0 Å². The molecule has 0 rings (SSSR count). The van der Waals surface area contributed by atoms with E-state index in [1.54, 1.807) is 6.08 Å². The van der Waals surface area contributed by atoms with Gasteiger partial charge in [0.1, 0.15) is 0 Å². The average molecular weight is 214 g/mol. The lowest BCUT2D eigenvalue weighted by Gasteiger charge is -2.04. The molecule has 0 saturated heterocycles. The van der Waals surface area contributed by atoms with E-state index >= 15 is 0 Å². The fourth-order valence-corrected chi connectivity index (χ4v) is 1.02. The summed E-state index contributed by atoms with van der Waals surface area (Å²) in [6, 6.07) is 0. The van der Waals surface area contributed by atoms with Crippen LogP contribution in [-0.4, -0.2) is 25.8 Å². The van der Waals surface area contributed by atoms with Crippen LogP contribution >= 0.6 is 0 Å². The van der Waals surface area contributed by atoms with E-state index in [4.69, 9.17) is 9.47 Å². The Morgan fingerprint density at radius 3 is 2.53 bits per heavy atom. The van der Waals surface area contributed by atoms with E-state index in [2.05, 4.69) is 13.5 Å². The standard InChI is InChI=1S/C12H22O3/c1-3-5-9-14-10-6-7-11-15-12(13)8-4-2/h4H,2-3,5-11H2,1H3. The van der Waals surface area contributed by atoms with E-state index in [-0.39, 0.29) is 5.97 Å². The van der Waals surface area contributed by atoms with E-state index in [1.807, 2.05) is 0 Å². The van der Waals surface area contributed by atoms with Crippen LogP contribution in [0.1, 0.15) is 39.0 Å². The Morgan fingerprint density at radius 2 is 1.87 bits per heavy atom. The van der Waals surface area contributed by atoms with Gasteiger partial charge in [-0.3, -0.25) is 4.79 Å². The van der Waals surface area contributed by atoms with E-state index in [0.717, 1.165) is 32.5 Å². The summed E-state index contributed by atoms with van der Waals surface area (Å²) in [5.41, 5.74) is 0. The van der Waals surface area contributed by atoms with Gasteiger partial charge in [0, 0.05) is 13.2 Å². The molecule has 0 bridgehead atoms. The zero-order valence-corrected chi connectivity index (χ0v) is 9.67. The number of hydrogen-bond acceptors (Lipinski definition) is 3. The second-order valence-electron chi connectivity index (χ2n) is 3.39. The van der Waals surface area contributed by atoms with Crippen molar-refractivity contribution in [3.63, 3.8) is 0 Å². The summed E-state index contributed by atoms with van der Waals surface area (Å²) >= 11 is 0. The van der Waals surface area contributed by atoms with Crippen molar-refractivity contribution in [2.45, 2.75) is 39.0 Å². The number of esters is 1. The van der Waals surface area contributed by atoms with Crippen LogP contribution in [0.2, 0.25) is 0 Å². The van der Waals surface area contributed by atoms with Crippen LogP contribution < -0.4 is 0 Å². The third-order valence-corrected chi connectivity index (χ3v) is 1.90. The summed E-state index contributed by atoms with van der Waals surface area (Å²) in [5.74, 6) is -0.197. The van der Waals surface area contributed by atoms with Crippen LogP contribution in [0.5, 0.6) is 0 Å². The lowest BCUT2D eigenvalue weighted by atomic mass is 10.3. The van der Waals surface area contributed by atoms with Gasteiger partial charge >= 0.3 is 5.97 Å². The molecule has 0 fully saturated rings. The van der Waals surface area contributed by atoms with Crippen molar-refractivity contribution in [3.05, 3.63) is 12.7 Å². The first-order valence-corrected chi connectivity index (χ1v) is 5.65. The van der Waals surface area contributed by atoms with Crippen molar-refractivity contribution in [1.29, 1.82) is 0 Å². The molecule has 0 amide bonds. The maximum Gasteiger partial charge on any atom is 0.309 e. The highest BCUT2D eigenvalue weighted by Crippen LogP contribution is 1.95. The minimum absolute atomic E-state index is 0.197. The number of hydrogen-bond donors (Lipinski definition) is 0. The van der Waals surface area contributed by atoms with Gasteiger partial charge in [0.15, 0.2) is 0 Å². The van der Waals surface area contributed by atoms with Crippen molar-refractivity contribution in [2.24, 2.45) is 0 Å². The molecule has 3 nitrogen and oxygen atoms in total. The summed E-state index contributed by atoms with van der Waals surface area (Å²) in [6.45, 7) is 7.70. The highest BCUT2D eigenvalue weighted by atomic mass is 16.5. The Labute approximate surface area is 92.5 Å². The Bertz CT molecular complexity index is 166. The van der Waals surface area contributed by atoms with Crippen LogP contribution in [0.4, 0.5) is 0 Å². The van der Waals surface area contributed by atoms with Gasteiger partial charge < -0.3 is 9.47 Å². The van der Waals surface area contributed by atoms with Crippen molar-refractivity contribution in [1.82, 2.24) is 0 Å². The normalized spacial score (nSPS) is 9.93. The predicted octanol–water partition coefficient (Wildman–Crippen LogP) is 2.70. The van der Waals surface area contributed by atoms with Gasteiger partial charge in [0.2, 0.25) is 0 Å². The van der Waals surface area contributed by atoms with Gasteiger partial charge in [-0.05, 0) is 19.3 Å². The molecule has 0 saturated carbocycles. The second-order valence-corrected chi connectivity index (χ2v) is 3.39. The molecule has 3 heteroatoms. The Hall–Kier alpha value is -0.830. The molecule has 15 heavy (non-hydrogen) atoms. The van der Waals surface area contributed by atoms with E-state index in [9.17, 15) is 4.79 Å². The molecular formula is C12H22O3. The molecule has 0 aromatic carbocycles. The summed E-state index contributed by atoms with van der Waals surface area (Å²) in [6.07, 6.45) is 5.96. The van der Waals surface area contributed by atoms with Crippen LogP contribution in [0, 0.1) is 0 Å². The molecule has 0 aliphatic carbocycles. The molecule has 0 aromatic rings. The Kier molecular flexibility index (Phi) is 10.6. The molecule has 0 spiro atoms. The lowest BCUT2D eigenvalue weighted by molar-refractivity contribution is -0.142. The maximum absolute atomic E-state index is 10.9. The summed E-state index contributed by atoms with van der Waals surface area (Å²) < 4.78 is 10.3. The summed E-state index contributed by atoms with van der Waals surface area (Å²) in [4.78, 5) is 10.9. The highest BCUT2D eigenvalue weighted by Gasteiger charge is 1.98. The molecule has 0 aromatic heterocycles. The first-order chi connectivity index (χ1) is 7.31. The maximum atomic E-state index is 10.9. The van der Waals surface area contributed by atoms with Crippen molar-refractivity contribution < 1.29 is 14.3 Å². The SMILES string of the molecule is C=CCC(=O)OCCCCOCCCC. The second kappa shape index (κ2) is 11.2. The first kappa shape index (κ1) is 14.2. The average Bonchev–Trinajstić information content (AvgIpc) is 2.22. The minimum Gasteiger partial charge on any atom is -0.465 e. The number of carbonyl (C=O) groups is 1. The van der Waals surface area contributed by atoms with Gasteiger partial charge in [-0.1, -0.05) is 19.4 Å². The van der Waals surface area contributed by atoms with Crippen LogP contribution in [-0.2, 0) is 14.3 Å². The number of carbonyl (C=O) groups excluding carboxylic acids is 1. The fraction of sp³-hybridized carbons (Fsp3) is 0.750. The largest absolute Gasteiger partial charge is 0.465 e. The van der Waals surface area contributed by atoms with Crippen molar-refractivity contribution in [2.75, 3.05) is 19.8 Å². The third-order valence-electron chi connectivity index (χ3n) is 1.90. The van der Waals surface area contributed by atoms with E-state index in [0.29, 0.717) is 13.0 Å². The molecule has 0 aliphatic rings. The Morgan fingerprint density at radius 1 is 1.20 bits per heavy atom. The van der Waals surface area contributed by atoms with Gasteiger partial charge in [-0.25, -0.2) is 0 Å². The van der Waals surface area contributed by atoms with Gasteiger partial charge in [0.25, 0.3) is 0 Å². The van der Waals surface area contributed by atoms with Gasteiger partial charge in [-0.15, -0.1) is 6.58 Å². The monoisotopic (exact) mass is 214 g/mol. The molecule has 0 aliphatic heterocycles. The smallest absolute Gasteiger partial charge is 0.309 e. The van der Waals surface area contributed by atoms with Crippen LogP contribution in [0.3, 0.4) is 0 Å². The lowest BCUT2D eigenvalue weighted by Crippen LogP contribution is -2.05. The van der Waals surface area contributed by atoms with Crippen molar-refractivity contribution in [3.8, 4) is 0 Å². The third kappa shape index (κ3) is 11.1. The highest BCUT2D eigenvalue weighted by molar-refractivity contribution is 5.70. The predicted molar refractivity (Wildman–Crippen MR) is 60.7 cm³/mol. The molecule has 88 valence electrons. The number of unbranched alkanes of at least 4 members (excludes halogenated alkanes) is 2. The Balaban J connectivity index is 3.04. The van der Waals surface area contributed by atoms with E-state index < -0.39 is 0 Å². The number of ether oxygens (including phenoxy) is 2. The number of rotatable bonds is 10. The quantitative estimate of drug-likeness (QED) is 0.318. The van der Waals surface area contributed by atoms with E-state index in [1.165, 1.54) is 6.42 Å². The fourth-order valence-electron chi connectivity index (χ4n) is 1.02.